The molecule has 0 aromatic heterocycles. The topological polar surface area (TPSA) is 238 Å². The lowest BCUT2D eigenvalue weighted by Crippen LogP contribution is -2.28. The van der Waals surface area contributed by atoms with Gasteiger partial charge in [0.2, 0.25) is 0 Å². The van der Waals surface area contributed by atoms with Crippen LogP contribution in [-0.2, 0) is 31.9 Å². The van der Waals surface area contributed by atoms with E-state index in [0.29, 0.717) is 17.9 Å². The van der Waals surface area contributed by atoms with Crippen LogP contribution < -0.4 is 9.47 Å². The first-order valence-corrected chi connectivity index (χ1v) is 28.4. The minimum absolute atomic E-state index is 0.0332. The molecule has 0 amide bonds. The summed E-state index contributed by atoms with van der Waals surface area (Å²) in [5.74, 6) is -1.49. The van der Waals surface area contributed by atoms with Crippen LogP contribution >= 0.6 is 0 Å². The first-order valence-electron chi connectivity index (χ1n) is 28.4. The van der Waals surface area contributed by atoms with Gasteiger partial charge in [-0.3, -0.25) is 4.79 Å². The molecule has 0 radical (unpaired) electrons. The third kappa shape index (κ3) is 22.0. The maximum absolute atomic E-state index is 13.0. The summed E-state index contributed by atoms with van der Waals surface area (Å²) >= 11 is 0. The largest absolute Gasteiger partial charge is 0.508 e. The molecule has 14 heteroatoms. The molecule has 460 valence electrons. The highest BCUT2D eigenvalue weighted by molar-refractivity contribution is 5.78. The number of ether oxygens (including phenoxy) is 2. The molecule has 0 fully saturated rings. The van der Waals surface area contributed by atoms with E-state index < -0.39 is 17.0 Å². The van der Waals surface area contributed by atoms with E-state index in [1.807, 2.05) is 58.9 Å². The number of aromatic hydroxyl groups is 10. The molecule has 0 bridgehead atoms. The number of methoxy groups -OCH3 is 1. The highest BCUT2D eigenvalue weighted by Gasteiger charge is 2.28. The summed E-state index contributed by atoms with van der Waals surface area (Å²) in [6.07, 6.45) is 5.65. The van der Waals surface area contributed by atoms with Crippen LogP contribution in [0.1, 0.15) is 197 Å². The van der Waals surface area contributed by atoms with E-state index >= 15 is 0 Å². The minimum Gasteiger partial charge on any atom is -0.508 e. The van der Waals surface area contributed by atoms with Crippen LogP contribution in [0.3, 0.4) is 0 Å². The van der Waals surface area contributed by atoms with E-state index in [1.165, 1.54) is 59.7 Å². The van der Waals surface area contributed by atoms with Gasteiger partial charge in [0, 0.05) is 6.07 Å². The molecule has 0 unspecified atom stereocenters. The minimum atomic E-state index is -0.562. The summed E-state index contributed by atoms with van der Waals surface area (Å²) in [5.41, 5.74) is 5.89. The smallest absolute Gasteiger partial charge is 0.316 e. The van der Waals surface area contributed by atoms with Gasteiger partial charge >= 0.3 is 5.97 Å². The fraction of sp³-hybridized carbons (Fsp3) is 0.464. The second kappa shape index (κ2) is 31.3. The van der Waals surface area contributed by atoms with Gasteiger partial charge in [0.1, 0.15) is 11.5 Å². The lowest BCUT2D eigenvalue weighted by Gasteiger charge is -2.23. The van der Waals surface area contributed by atoms with Crippen molar-refractivity contribution in [2.24, 2.45) is 5.41 Å². The molecule has 0 saturated heterocycles. The molecule has 83 heavy (non-hydrogen) atoms. The van der Waals surface area contributed by atoms with Gasteiger partial charge in [0.25, 0.3) is 0 Å². The lowest BCUT2D eigenvalue weighted by atomic mass is 9.82. The molecule has 6 aromatic carbocycles. The van der Waals surface area contributed by atoms with Crippen LogP contribution in [-0.4, -0.2) is 64.1 Å². The number of carbonyl (C=O) groups is 1. The van der Waals surface area contributed by atoms with Gasteiger partial charge in [-0.2, -0.15) is 0 Å². The Bertz CT molecular complexity index is 2830. The summed E-state index contributed by atoms with van der Waals surface area (Å²) in [4.78, 5) is 11.7. The molecule has 0 heterocycles. The zero-order valence-corrected chi connectivity index (χ0v) is 53.1. The van der Waals surface area contributed by atoms with E-state index in [0.717, 1.165) is 54.4 Å². The van der Waals surface area contributed by atoms with Crippen molar-refractivity contribution in [2.75, 3.05) is 7.11 Å². The average Bonchev–Trinajstić information content (AvgIpc) is 3.44. The third-order valence-electron chi connectivity index (χ3n) is 16.3. The molecule has 13 nitrogen and oxygen atoms in total. The van der Waals surface area contributed by atoms with Crippen LogP contribution in [0.15, 0.2) is 103 Å². The second-order valence-corrected chi connectivity index (χ2v) is 24.6. The van der Waals surface area contributed by atoms with E-state index in [1.54, 1.807) is 45.2 Å². The number of carbonyl (C=O) groups excluding carboxylic acids is 1. The molecule has 0 aliphatic carbocycles. The molecular weight excluding hydrogens is 1060 g/mol. The van der Waals surface area contributed by atoms with Crippen molar-refractivity contribution in [1.29, 1.82) is 0 Å². The predicted molar refractivity (Wildman–Crippen MR) is 333 cm³/mol. The maximum atomic E-state index is 13.0. The van der Waals surface area contributed by atoms with E-state index in [4.69, 9.17) is 29.9 Å². The number of phenolic OH excluding ortho intramolecular Hbond substituents is 10. The van der Waals surface area contributed by atoms with Crippen molar-refractivity contribution in [3.8, 4) is 69.0 Å². The Morgan fingerprint density at radius 1 is 0.386 bits per heavy atom. The zero-order valence-electron chi connectivity index (χ0n) is 53.1. The van der Waals surface area contributed by atoms with Gasteiger partial charge in [-0.25, -0.2) is 4.39 Å². The van der Waals surface area contributed by atoms with Crippen LogP contribution in [0.5, 0.6) is 69.0 Å². The van der Waals surface area contributed by atoms with Crippen molar-refractivity contribution >= 4 is 5.97 Å². The van der Waals surface area contributed by atoms with Crippen molar-refractivity contribution in [1.82, 2.24) is 0 Å². The molecule has 0 aliphatic rings. The number of esters is 1. The van der Waals surface area contributed by atoms with Crippen molar-refractivity contribution < 1.29 is 69.7 Å². The number of phenols is 10. The summed E-state index contributed by atoms with van der Waals surface area (Å²) in [6.45, 7) is 39.1. The maximum Gasteiger partial charge on any atom is 0.316 e. The third-order valence-corrected chi connectivity index (χ3v) is 16.3. The Hall–Kier alpha value is -7.48. The summed E-state index contributed by atoms with van der Waals surface area (Å²) in [7, 11) is 1.57. The van der Waals surface area contributed by atoms with Gasteiger partial charge in [0.15, 0.2) is 63.3 Å². The van der Waals surface area contributed by atoms with Gasteiger partial charge in [-0.05, 0) is 186 Å². The number of aryl methyl sites for hydroxylation is 1. The molecule has 0 aliphatic heterocycles. The predicted octanol–water partition coefficient (Wildman–Crippen LogP) is 17.4. The highest BCUT2D eigenvalue weighted by Crippen LogP contribution is 2.41. The zero-order chi connectivity index (χ0) is 64.2. The fourth-order valence-corrected chi connectivity index (χ4v) is 7.02. The second-order valence-electron chi connectivity index (χ2n) is 24.6. The Labute approximate surface area is 494 Å². The first-order chi connectivity index (χ1) is 38.2. The Balaban J connectivity index is 0.000000499. The molecule has 6 rings (SSSR count). The van der Waals surface area contributed by atoms with Gasteiger partial charge in [0.05, 0.1) is 12.5 Å². The summed E-state index contributed by atoms with van der Waals surface area (Å²) < 4.78 is 23.2. The van der Waals surface area contributed by atoms with E-state index in [-0.39, 0.29) is 84.8 Å². The lowest BCUT2D eigenvalue weighted by molar-refractivity contribution is -0.144. The number of rotatable bonds is 14. The number of benzene rings is 6. The molecule has 0 saturated carbocycles. The fourth-order valence-electron chi connectivity index (χ4n) is 7.02. The number of halogens is 1. The van der Waals surface area contributed by atoms with E-state index in [9.17, 15) is 39.8 Å². The van der Waals surface area contributed by atoms with Crippen LogP contribution in [0.25, 0.3) is 0 Å². The van der Waals surface area contributed by atoms with Gasteiger partial charge in [-0.15, -0.1) is 0 Å². The Kier molecular flexibility index (Phi) is 27.7. The molecule has 0 atom stereocenters. The van der Waals surface area contributed by atoms with E-state index in [2.05, 4.69) is 89.2 Å². The summed E-state index contributed by atoms with van der Waals surface area (Å²) in [5, 5.41) is 92.4. The Morgan fingerprint density at radius 2 is 0.723 bits per heavy atom. The molecule has 10 N–H and O–H groups in total. The standard InChI is InChI=1S/C12H16O4.C12H18O2.C12H18O.C11H15FO.C11H16O3.C11H16O2/c1-4-12(2,3)11(15)16-8-5-6-9(13)10(14)7-8;1-5-12(2,3)9-6-7-10(13)11(8-9)14-4;1-5-12(3,4)10-6-7-11(13)9(2)8-10;1-4-11(2,3)8-5-6-10(13)9(12)7-8;1-4-11(2,3)7-5-8(12)10(14)9(13)6-7;1-4-11(2,3)8-5-6-9(12)10(13)7-8/h5-7,13-14H,4H2,1-3H3;6-8,13H,5H2,1-4H3;6-8,13H,5H2,1-4H3;5-7,13H,4H2,1-3H3;5-6,12-14H,4H2,1-3H3;5-7,12-13H,4H2,1-3H3. The van der Waals surface area contributed by atoms with Crippen LogP contribution in [0.2, 0.25) is 0 Å². The highest BCUT2D eigenvalue weighted by atomic mass is 19.1. The first kappa shape index (κ1) is 73.5. The number of hydrogen-bond donors (Lipinski definition) is 10. The normalized spacial score (nSPS) is 11.5. The summed E-state index contributed by atoms with van der Waals surface area (Å²) in [6, 6.07) is 27.8. The van der Waals surface area contributed by atoms with Crippen LogP contribution in [0.4, 0.5) is 4.39 Å². The van der Waals surface area contributed by atoms with Crippen molar-refractivity contribution in [2.45, 2.75) is 197 Å². The SMILES string of the molecule is CCC(C)(C)C(=O)Oc1ccc(O)c(O)c1.CCC(C)(C)c1cc(O)c(O)c(O)c1.CCC(C)(C)c1ccc(O)c(C)c1.CCC(C)(C)c1ccc(O)c(F)c1.CCC(C)(C)c1ccc(O)c(O)c1.CCC(C)(C)c1ccc(O)c(OC)c1. The van der Waals surface area contributed by atoms with Crippen molar-refractivity contribution in [3.05, 3.63) is 142 Å². The molecular formula is C69H99FO13. The van der Waals surface area contributed by atoms with Gasteiger partial charge in [-0.1, -0.05) is 141 Å². The molecule has 6 aromatic rings. The Morgan fingerprint density at radius 3 is 1.10 bits per heavy atom. The van der Waals surface area contributed by atoms with Gasteiger partial charge < -0.3 is 60.5 Å². The van der Waals surface area contributed by atoms with Crippen molar-refractivity contribution in [3.63, 3.8) is 0 Å². The quantitative estimate of drug-likeness (QED) is 0.0278. The monoisotopic (exact) mass is 1150 g/mol. The average molecular weight is 1160 g/mol. The van der Waals surface area contributed by atoms with Crippen LogP contribution in [0, 0.1) is 18.2 Å². The molecule has 0 spiro atoms. The number of hydrogen-bond acceptors (Lipinski definition) is 13.